The summed E-state index contributed by atoms with van der Waals surface area (Å²) in [4.78, 5) is 3.65. The van der Waals surface area contributed by atoms with Gasteiger partial charge in [0.25, 0.3) is 20.2 Å². The molecule has 6 atom stereocenters. The van der Waals surface area contributed by atoms with E-state index in [0.29, 0.717) is 13.1 Å². The zero-order valence-corrected chi connectivity index (χ0v) is 44.0. The molecular formula is C42H88N2Na2O12S2. The van der Waals surface area contributed by atoms with Gasteiger partial charge in [0, 0.05) is 26.2 Å². The molecule has 6 N–H and O–H groups in total. The Bertz CT molecular complexity index is 1120. The Kier molecular flexibility index (Phi) is 42.0. The fourth-order valence-corrected chi connectivity index (χ4v) is 9.15. The first kappa shape index (κ1) is 63.6. The van der Waals surface area contributed by atoms with Crippen molar-refractivity contribution in [1.82, 2.24) is 9.80 Å². The van der Waals surface area contributed by atoms with Crippen LogP contribution in [-0.4, -0.2) is 157 Å². The standard InChI is InChI=1S/C42H86N2O12S2.2Na.2H/c1-3-5-7-9-11-13-15-17-19-23-27-43(31-39(47)35-57(49,50)51)29-37(45)33-55-41-25-21-22-26-42(41)56-34-38(46)30-44(32-40(48)36-58(52,53)54)28-24-20-18-16-14-12-10-8-6-4-2;;;;/h37-42,45-48H,3-36H2,1-2H3,(H,49,50,51)(H,52,53,54);;;;/q;2*+1;2*-1. The molecule has 0 aromatic heterocycles. The second-order valence-corrected chi connectivity index (χ2v) is 20.0. The number of nitrogens with zero attached hydrogens (tertiary/aromatic N) is 2. The van der Waals surface area contributed by atoms with Crippen molar-refractivity contribution in [3.63, 3.8) is 0 Å². The predicted octanol–water partition coefficient (Wildman–Crippen LogP) is 0.229. The van der Waals surface area contributed by atoms with Crippen LogP contribution in [0.2, 0.25) is 0 Å². The van der Waals surface area contributed by atoms with Gasteiger partial charge in [-0.25, -0.2) is 0 Å². The molecule has 1 aliphatic rings. The molecule has 0 aromatic rings. The van der Waals surface area contributed by atoms with Crippen molar-refractivity contribution in [2.45, 2.75) is 205 Å². The number of unbranched alkanes of at least 4 members (excludes halogenated alkanes) is 18. The molecule has 60 heavy (non-hydrogen) atoms. The molecule has 0 spiro atoms. The topological polar surface area (TPSA) is 215 Å². The molecule has 352 valence electrons. The largest absolute Gasteiger partial charge is 1.00 e. The fourth-order valence-electron chi connectivity index (χ4n) is 7.96. The van der Waals surface area contributed by atoms with Gasteiger partial charge in [-0.2, -0.15) is 16.8 Å². The fraction of sp³-hybridized carbons (Fsp3) is 1.00. The van der Waals surface area contributed by atoms with E-state index in [1.54, 1.807) is 0 Å². The second kappa shape index (κ2) is 39.6. The summed E-state index contributed by atoms with van der Waals surface area (Å²) >= 11 is 0. The molecule has 0 aliphatic heterocycles. The van der Waals surface area contributed by atoms with E-state index in [1.807, 2.05) is 9.80 Å². The SMILES string of the molecule is CCCCCCCCCCCCN(CC(O)COC1CCCCC1OCC(O)CN(CCCCCCCCCCCC)CC(O)CS(=O)(=O)O)CC(O)CS(=O)(=O)O.[H-].[H-].[Na+].[Na+]. The summed E-state index contributed by atoms with van der Waals surface area (Å²) in [6.07, 6.45) is 21.5. The summed E-state index contributed by atoms with van der Waals surface area (Å²) < 4.78 is 76.4. The molecule has 6 unspecified atom stereocenters. The molecule has 0 aromatic carbocycles. The van der Waals surface area contributed by atoms with E-state index < -0.39 is 56.2 Å². The first-order valence-corrected chi connectivity index (χ1v) is 26.1. The first-order chi connectivity index (χ1) is 27.6. The average molecular weight is 923 g/mol. The van der Waals surface area contributed by atoms with Gasteiger partial charge in [0.05, 0.1) is 49.8 Å². The Hall–Kier alpha value is 1.50. The van der Waals surface area contributed by atoms with Gasteiger partial charge in [-0.15, -0.1) is 0 Å². The number of hydrogen-bond donors (Lipinski definition) is 6. The van der Waals surface area contributed by atoms with Crippen molar-refractivity contribution >= 4 is 20.2 Å². The molecular weight excluding hydrogens is 835 g/mol. The molecule has 0 bridgehead atoms. The van der Waals surface area contributed by atoms with Gasteiger partial charge >= 0.3 is 59.1 Å². The van der Waals surface area contributed by atoms with E-state index in [2.05, 4.69) is 13.8 Å². The van der Waals surface area contributed by atoms with E-state index >= 15 is 0 Å². The van der Waals surface area contributed by atoms with Crippen LogP contribution in [0.25, 0.3) is 0 Å². The first-order valence-electron chi connectivity index (χ1n) is 22.9. The minimum absolute atomic E-state index is 0. The quantitative estimate of drug-likeness (QED) is 0.0276. The predicted molar refractivity (Wildman–Crippen MR) is 234 cm³/mol. The normalized spacial score (nSPS) is 18.2. The third kappa shape index (κ3) is 38.7. The van der Waals surface area contributed by atoms with Crippen LogP contribution in [0.15, 0.2) is 0 Å². The Morgan fingerprint density at radius 2 is 0.750 bits per heavy atom. The molecule has 14 nitrogen and oxygen atoms in total. The van der Waals surface area contributed by atoms with Crippen LogP contribution in [0, 0.1) is 0 Å². The summed E-state index contributed by atoms with van der Waals surface area (Å²) in [5, 5.41) is 42.7. The number of rotatable bonds is 40. The van der Waals surface area contributed by atoms with Gasteiger partial charge in [-0.1, -0.05) is 142 Å². The third-order valence-corrected chi connectivity index (χ3v) is 12.6. The van der Waals surface area contributed by atoms with Crippen molar-refractivity contribution in [1.29, 1.82) is 0 Å². The van der Waals surface area contributed by atoms with Crippen LogP contribution in [0.5, 0.6) is 0 Å². The maximum Gasteiger partial charge on any atom is 1.00 e. The summed E-state index contributed by atoms with van der Waals surface area (Å²) in [7, 11) is -8.71. The smallest absolute Gasteiger partial charge is 1.00 e. The summed E-state index contributed by atoms with van der Waals surface area (Å²) in [6.45, 7) is 5.87. The molecule has 0 heterocycles. The van der Waals surface area contributed by atoms with Crippen LogP contribution in [-0.2, 0) is 29.7 Å². The van der Waals surface area contributed by atoms with E-state index in [1.165, 1.54) is 77.0 Å². The number of aliphatic hydroxyl groups excluding tert-OH is 4. The monoisotopic (exact) mass is 923 g/mol. The van der Waals surface area contributed by atoms with Gasteiger partial charge < -0.3 is 32.8 Å². The van der Waals surface area contributed by atoms with Crippen molar-refractivity contribution < 1.29 is 118 Å². The molecule has 1 saturated carbocycles. The third-order valence-electron chi connectivity index (χ3n) is 11.0. The molecule has 18 heteroatoms. The zero-order chi connectivity index (χ0) is 43.1. The zero-order valence-electron chi connectivity index (χ0n) is 40.3. The minimum Gasteiger partial charge on any atom is -1.00 e. The van der Waals surface area contributed by atoms with Crippen LogP contribution >= 0.6 is 0 Å². The Labute approximate surface area is 413 Å². The number of aliphatic hydroxyl groups is 4. The van der Waals surface area contributed by atoms with Crippen LogP contribution in [0.4, 0.5) is 0 Å². The average Bonchev–Trinajstić information content (AvgIpc) is 3.13. The summed E-state index contributed by atoms with van der Waals surface area (Å²) in [5.74, 6) is -1.55. The Morgan fingerprint density at radius 1 is 0.483 bits per heavy atom. The maximum atomic E-state index is 11.4. The van der Waals surface area contributed by atoms with E-state index in [9.17, 15) is 46.4 Å². The van der Waals surface area contributed by atoms with Crippen molar-refractivity contribution in [3.8, 4) is 0 Å². The van der Waals surface area contributed by atoms with Crippen LogP contribution in [0.3, 0.4) is 0 Å². The molecule has 0 saturated heterocycles. The summed E-state index contributed by atoms with van der Waals surface area (Å²) in [6, 6.07) is 0. The van der Waals surface area contributed by atoms with E-state index in [4.69, 9.17) is 9.47 Å². The van der Waals surface area contributed by atoms with Crippen molar-refractivity contribution in [2.24, 2.45) is 0 Å². The number of ether oxygens (including phenoxy) is 2. The molecule has 1 fully saturated rings. The number of hydrogen-bond acceptors (Lipinski definition) is 12. The van der Waals surface area contributed by atoms with Crippen molar-refractivity contribution in [3.05, 3.63) is 0 Å². The molecule has 1 aliphatic carbocycles. The van der Waals surface area contributed by atoms with Gasteiger partial charge in [-0.3, -0.25) is 18.9 Å². The minimum atomic E-state index is -4.36. The van der Waals surface area contributed by atoms with Gasteiger partial charge in [0.2, 0.25) is 0 Å². The second-order valence-electron chi connectivity index (χ2n) is 17.0. The van der Waals surface area contributed by atoms with Gasteiger partial charge in [-0.05, 0) is 38.8 Å². The van der Waals surface area contributed by atoms with Gasteiger partial charge in [0.1, 0.15) is 11.5 Å². The molecule has 1 rings (SSSR count). The van der Waals surface area contributed by atoms with Gasteiger partial charge in [0.15, 0.2) is 0 Å². The molecule has 0 amide bonds. The Balaban J connectivity index is -0.00000420. The van der Waals surface area contributed by atoms with E-state index in [-0.39, 0.29) is 114 Å². The maximum absolute atomic E-state index is 11.4. The summed E-state index contributed by atoms with van der Waals surface area (Å²) in [5.41, 5.74) is 0. The van der Waals surface area contributed by atoms with Crippen LogP contribution < -0.4 is 59.1 Å². The Morgan fingerprint density at radius 3 is 1.03 bits per heavy atom. The van der Waals surface area contributed by atoms with E-state index in [0.717, 1.165) is 77.0 Å². The molecule has 0 radical (unpaired) electrons. The van der Waals surface area contributed by atoms with Crippen LogP contribution in [0.1, 0.15) is 171 Å². The van der Waals surface area contributed by atoms with Crippen molar-refractivity contribution in [2.75, 3.05) is 64.0 Å².